The van der Waals surface area contributed by atoms with E-state index in [2.05, 4.69) is 243 Å². The van der Waals surface area contributed by atoms with E-state index in [1.807, 2.05) is 120 Å². The molecule has 10 heteroatoms. The predicted molar refractivity (Wildman–Crippen MR) is 416 cm³/mol. The number of hydrogen-bond acceptors (Lipinski definition) is 10. The van der Waals surface area contributed by atoms with Gasteiger partial charge in [0.15, 0.2) is 34.9 Å². The van der Waals surface area contributed by atoms with Crippen LogP contribution in [0.25, 0.3) is 186 Å². The molecule has 0 unspecified atom stereocenters. The van der Waals surface area contributed by atoms with E-state index < -0.39 is 0 Å². The minimum atomic E-state index is 0.624. The lowest BCUT2D eigenvalue weighted by Gasteiger charge is -2.11. The fourth-order valence-electron chi connectivity index (χ4n) is 13.3. The van der Waals surface area contributed by atoms with E-state index in [4.69, 9.17) is 39.9 Å². The van der Waals surface area contributed by atoms with E-state index >= 15 is 0 Å². The molecule has 0 aliphatic carbocycles. The molecule has 0 saturated heterocycles. The predicted octanol–water partition coefficient (Wildman–Crippen LogP) is 23.9. The van der Waals surface area contributed by atoms with E-state index in [9.17, 15) is 0 Å². The van der Waals surface area contributed by atoms with E-state index in [0.29, 0.717) is 34.9 Å². The van der Waals surface area contributed by atoms with Crippen molar-refractivity contribution >= 4 is 84.8 Å². The molecule has 0 spiro atoms. The number of fused-ring (bicyclic) bond motifs is 10. The third-order valence-corrected chi connectivity index (χ3v) is 20.7. The first-order chi connectivity index (χ1) is 49.5. The molecule has 0 aliphatic heterocycles. The Morgan fingerprint density at radius 1 is 0.170 bits per heavy atom. The van der Waals surface area contributed by atoms with Crippen molar-refractivity contribution in [3.8, 4) is 124 Å². The second-order valence-corrected chi connectivity index (χ2v) is 26.6. The Bertz CT molecular complexity index is 6180. The van der Waals surface area contributed by atoms with Crippen LogP contribution in [0.15, 0.2) is 340 Å². The van der Waals surface area contributed by atoms with Crippen LogP contribution in [0.3, 0.4) is 0 Å². The maximum Gasteiger partial charge on any atom is 0.164 e. The number of benzene rings is 13. The second kappa shape index (κ2) is 25.9. The molecular formula is C90H56N8S2. The highest BCUT2D eigenvalue weighted by Gasteiger charge is 2.22. The zero-order chi connectivity index (χ0) is 66.3. The largest absolute Gasteiger partial charge is 0.247 e. The van der Waals surface area contributed by atoms with Crippen LogP contribution in [0, 0.1) is 0 Å². The van der Waals surface area contributed by atoms with Gasteiger partial charge in [-0.05, 0) is 75.8 Å². The van der Waals surface area contributed by atoms with Crippen LogP contribution in [0.5, 0.6) is 0 Å². The van der Waals surface area contributed by atoms with E-state index in [0.717, 1.165) is 72.5 Å². The maximum atomic E-state index is 5.35. The van der Waals surface area contributed by atoms with Crippen LogP contribution in [-0.2, 0) is 0 Å². The Morgan fingerprint density at radius 3 is 0.840 bits per heavy atom. The van der Waals surface area contributed by atoms with Gasteiger partial charge in [-0.1, -0.05) is 297 Å². The Kier molecular flexibility index (Phi) is 15.5. The van der Waals surface area contributed by atoms with E-state index in [1.54, 1.807) is 0 Å². The average molecular weight is 1310 g/mol. The molecule has 8 nitrogen and oxygen atoms in total. The molecule has 13 aromatic carbocycles. The molecule has 468 valence electrons. The Hall–Kier alpha value is -12.9. The normalized spacial score (nSPS) is 11.4. The molecule has 0 radical (unpaired) electrons. The van der Waals surface area contributed by atoms with Crippen molar-refractivity contribution in [1.82, 2.24) is 39.9 Å². The first kappa shape index (κ1) is 59.6. The van der Waals surface area contributed by atoms with Crippen molar-refractivity contribution in [2.24, 2.45) is 0 Å². The summed E-state index contributed by atoms with van der Waals surface area (Å²) in [5.74, 6) is 3.81. The van der Waals surface area contributed by atoms with Gasteiger partial charge < -0.3 is 0 Å². The topological polar surface area (TPSA) is 103 Å². The lowest BCUT2D eigenvalue weighted by Crippen LogP contribution is -2.00. The minimum Gasteiger partial charge on any atom is -0.247 e. The molecule has 19 aromatic rings. The third kappa shape index (κ3) is 11.5. The van der Waals surface area contributed by atoms with Crippen LogP contribution in [-0.4, -0.2) is 39.9 Å². The quantitative estimate of drug-likeness (QED) is 0.126. The summed E-state index contributed by atoms with van der Waals surface area (Å²) < 4.78 is 4.99. The first-order valence-electron chi connectivity index (χ1n) is 33.2. The van der Waals surface area contributed by atoms with E-state index in [1.165, 1.54) is 78.9 Å². The van der Waals surface area contributed by atoms with Gasteiger partial charge >= 0.3 is 0 Å². The summed E-state index contributed by atoms with van der Waals surface area (Å²) in [4.78, 5) is 40.5. The number of hydrogen-bond donors (Lipinski definition) is 0. The Morgan fingerprint density at radius 2 is 0.440 bits per heavy atom. The highest BCUT2D eigenvalue weighted by atomic mass is 32.1. The summed E-state index contributed by atoms with van der Waals surface area (Å²) in [6.07, 6.45) is 0. The van der Waals surface area contributed by atoms with Gasteiger partial charge in [-0.15, -0.1) is 22.7 Å². The molecule has 0 fully saturated rings. The molecule has 0 saturated carbocycles. The Labute approximate surface area is 584 Å². The molecule has 19 rings (SSSR count). The lowest BCUT2D eigenvalue weighted by molar-refractivity contribution is 1.07. The van der Waals surface area contributed by atoms with E-state index in [-0.39, 0.29) is 0 Å². The van der Waals surface area contributed by atoms with Gasteiger partial charge in [0.25, 0.3) is 0 Å². The van der Waals surface area contributed by atoms with Crippen LogP contribution >= 0.6 is 22.7 Å². The summed E-state index contributed by atoms with van der Waals surface area (Å²) in [5.41, 5.74) is 18.6. The number of rotatable bonds is 11. The van der Waals surface area contributed by atoms with Gasteiger partial charge in [-0.2, -0.15) is 0 Å². The van der Waals surface area contributed by atoms with Gasteiger partial charge in [0.2, 0.25) is 0 Å². The van der Waals surface area contributed by atoms with Gasteiger partial charge in [-0.3, -0.25) is 0 Å². The highest BCUT2D eigenvalue weighted by molar-refractivity contribution is 7.27. The van der Waals surface area contributed by atoms with Gasteiger partial charge in [0.1, 0.15) is 0 Å². The fourth-order valence-corrected chi connectivity index (χ4v) is 15.7. The number of thiophene rings is 2. The Balaban J connectivity index is 0.000000145. The smallest absolute Gasteiger partial charge is 0.164 e. The maximum absolute atomic E-state index is 5.35. The number of nitrogens with zero attached hydrogens (tertiary/aromatic N) is 8. The molecule has 0 amide bonds. The van der Waals surface area contributed by atoms with Crippen molar-refractivity contribution < 1.29 is 0 Å². The van der Waals surface area contributed by atoms with Crippen LogP contribution < -0.4 is 0 Å². The summed E-state index contributed by atoms with van der Waals surface area (Å²) in [7, 11) is 0. The van der Waals surface area contributed by atoms with Crippen molar-refractivity contribution in [2.75, 3.05) is 0 Å². The molecular weight excluding hydrogens is 1260 g/mol. The monoisotopic (exact) mass is 1310 g/mol. The summed E-state index contributed by atoms with van der Waals surface area (Å²) >= 11 is 3.67. The van der Waals surface area contributed by atoms with Crippen molar-refractivity contribution in [3.05, 3.63) is 340 Å². The lowest BCUT2D eigenvalue weighted by atomic mass is 9.98. The average Bonchev–Trinajstić information content (AvgIpc) is 1.54. The van der Waals surface area contributed by atoms with Crippen LogP contribution in [0.2, 0.25) is 0 Å². The van der Waals surface area contributed by atoms with Gasteiger partial charge in [0, 0.05) is 95.6 Å². The van der Waals surface area contributed by atoms with Gasteiger partial charge in [-0.25, -0.2) is 39.9 Å². The zero-order valence-corrected chi connectivity index (χ0v) is 55.4. The third-order valence-electron chi connectivity index (χ3n) is 18.3. The molecule has 0 atom stereocenters. The van der Waals surface area contributed by atoms with Crippen molar-refractivity contribution in [1.29, 1.82) is 0 Å². The standard InChI is InChI=1S/C48H30N4S.C42H26N4S/c1-4-12-31(13-5-1)33-20-24-36(25-21-33)47-50-46(35-16-8-3-9-17-35)51-48(52-47)37-26-22-34(23-27-37)44-43-39-18-10-11-19-42(39)53-45(43)40-30-38(28-29-41(40)49-44)32-14-6-2-7-15-32;1-4-13-27(14-5-1)30-23-24-35-34(26-30)39-37(33-21-10-11-22-36(33)47-39)38(43-35)31-19-12-20-32(25-31)42-45-40(28-15-6-2-7-16-28)44-41(46-42)29-17-8-3-9-18-29/h1-30H;1-26H. The van der Waals surface area contributed by atoms with Gasteiger partial charge in [0.05, 0.1) is 22.4 Å². The summed E-state index contributed by atoms with van der Waals surface area (Å²) in [6.45, 7) is 0. The van der Waals surface area contributed by atoms with Crippen LogP contribution in [0.4, 0.5) is 0 Å². The highest BCUT2D eigenvalue weighted by Crippen LogP contribution is 2.46. The molecule has 6 heterocycles. The molecule has 100 heavy (non-hydrogen) atoms. The summed E-state index contributed by atoms with van der Waals surface area (Å²) in [6, 6.07) is 118. The first-order valence-corrected chi connectivity index (χ1v) is 34.8. The molecule has 0 N–H and O–H groups in total. The molecule has 0 bridgehead atoms. The zero-order valence-electron chi connectivity index (χ0n) is 53.7. The van der Waals surface area contributed by atoms with Crippen molar-refractivity contribution in [3.63, 3.8) is 0 Å². The van der Waals surface area contributed by atoms with Crippen molar-refractivity contribution in [2.45, 2.75) is 0 Å². The second-order valence-electron chi connectivity index (χ2n) is 24.5. The fraction of sp³-hybridized carbons (Fsp3) is 0. The minimum absolute atomic E-state index is 0.624. The number of aromatic nitrogens is 8. The molecule has 6 aromatic heterocycles. The van der Waals surface area contributed by atoms with Crippen LogP contribution in [0.1, 0.15) is 0 Å². The summed E-state index contributed by atoms with van der Waals surface area (Å²) in [5, 5.41) is 7.13. The molecule has 0 aliphatic rings. The SMILES string of the molecule is c1ccc(-c2ccc(-c3nc(-c4ccccc4)nc(-c4ccc(-c5nc6ccc(-c7ccccc7)cc6c6sc7ccccc7c56)cc4)n3)cc2)cc1.c1ccc(-c2ccc3nc(-c4cccc(-c5nc(-c6ccccc6)nc(-c6ccccc6)n5)c4)c4c5ccccc5sc4c3c2)cc1. The number of pyridine rings is 2.